The molecule has 128 valence electrons. The third-order valence-corrected chi connectivity index (χ3v) is 5.48. The number of carbonyl (C=O) groups is 1. The summed E-state index contributed by atoms with van der Waals surface area (Å²) in [6.45, 7) is 3.59. The summed E-state index contributed by atoms with van der Waals surface area (Å²) in [6.07, 6.45) is 5.73. The van der Waals surface area contributed by atoms with Crippen LogP contribution >= 0.6 is 0 Å². The predicted octanol–water partition coefficient (Wildman–Crippen LogP) is 1.32. The number of aromatic nitrogens is 3. The molecule has 4 atom stereocenters. The number of anilines is 1. The number of fused-ring (bicyclic) bond motifs is 2. The van der Waals surface area contributed by atoms with Crippen LogP contribution in [0.15, 0.2) is 18.5 Å². The van der Waals surface area contributed by atoms with Crippen molar-refractivity contribution in [2.24, 2.45) is 11.8 Å². The fourth-order valence-corrected chi connectivity index (χ4v) is 4.40. The van der Waals surface area contributed by atoms with Crippen LogP contribution in [0.3, 0.4) is 0 Å². The Morgan fingerprint density at radius 3 is 2.92 bits per heavy atom. The lowest BCUT2D eigenvalue weighted by Gasteiger charge is -2.37. The second-order valence-electron chi connectivity index (χ2n) is 6.94. The largest absolute Gasteiger partial charge is 0.379 e. The van der Waals surface area contributed by atoms with Crippen LogP contribution in [0.25, 0.3) is 11.0 Å². The van der Waals surface area contributed by atoms with Gasteiger partial charge in [-0.1, -0.05) is 0 Å². The van der Waals surface area contributed by atoms with Crippen LogP contribution in [-0.2, 0) is 9.53 Å². The number of hydrogen-bond donors (Lipinski definition) is 2. The van der Waals surface area contributed by atoms with Gasteiger partial charge in [-0.05, 0) is 30.7 Å². The first kappa shape index (κ1) is 15.4. The second kappa shape index (κ2) is 6.05. The second-order valence-corrected chi connectivity index (χ2v) is 6.94. The van der Waals surface area contributed by atoms with E-state index in [0.29, 0.717) is 11.8 Å². The van der Waals surface area contributed by atoms with Gasteiger partial charge in [-0.15, -0.1) is 0 Å². The molecule has 1 aliphatic carbocycles. The topological polar surface area (TPSA) is 83.1 Å². The third kappa shape index (κ3) is 2.62. The van der Waals surface area contributed by atoms with E-state index >= 15 is 0 Å². The summed E-state index contributed by atoms with van der Waals surface area (Å²) in [5.74, 6) is 1.18. The Kier molecular flexibility index (Phi) is 3.88. The molecule has 0 unspecified atom stereocenters. The minimum Gasteiger partial charge on any atom is -0.379 e. The van der Waals surface area contributed by atoms with E-state index in [1.54, 1.807) is 14.0 Å². The van der Waals surface area contributed by atoms with Gasteiger partial charge in [-0.25, -0.2) is 4.98 Å². The fourth-order valence-electron chi connectivity index (χ4n) is 4.40. The quantitative estimate of drug-likeness (QED) is 0.887. The Morgan fingerprint density at radius 1 is 1.38 bits per heavy atom. The van der Waals surface area contributed by atoms with E-state index < -0.39 is 0 Å². The molecule has 1 saturated carbocycles. The first-order valence-corrected chi connectivity index (χ1v) is 8.48. The number of ether oxygens (including phenoxy) is 1. The number of H-pyrrole nitrogens is 1. The molecule has 1 saturated heterocycles. The zero-order valence-electron chi connectivity index (χ0n) is 14.0. The van der Waals surface area contributed by atoms with Gasteiger partial charge in [0.2, 0.25) is 5.91 Å². The minimum absolute atomic E-state index is 0.0181. The lowest BCUT2D eigenvalue weighted by molar-refractivity contribution is -0.121. The molecule has 2 aliphatic rings. The molecule has 0 spiro atoms. The van der Waals surface area contributed by atoms with E-state index in [0.717, 1.165) is 37.0 Å². The summed E-state index contributed by atoms with van der Waals surface area (Å²) in [5.41, 5.74) is 2.02. The number of hydrogen-bond acceptors (Lipinski definition) is 5. The molecule has 3 heterocycles. The molecule has 7 nitrogen and oxygen atoms in total. The Labute approximate surface area is 140 Å². The number of aromatic amines is 1. The average molecular weight is 329 g/mol. The van der Waals surface area contributed by atoms with Gasteiger partial charge >= 0.3 is 0 Å². The molecule has 2 aromatic heterocycles. The third-order valence-electron chi connectivity index (χ3n) is 5.48. The monoisotopic (exact) mass is 329 g/mol. The standard InChI is InChI=1S/C17H23N5O2/c1-10(23)20-14-5-11-8-22(9-12(11)6-16(14)24-2)15-3-4-18-17-13(15)7-19-21-17/h3-4,7,11-12,14,16H,5-6,8-9H2,1-2H3,(H,20,23)(H,18,19,21)/t11-,12+,14-,16-/m1/s1. The summed E-state index contributed by atoms with van der Waals surface area (Å²) in [5, 5.41) is 11.2. The van der Waals surface area contributed by atoms with Gasteiger partial charge in [0.15, 0.2) is 5.65 Å². The van der Waals surface area contributed by atoms with E-state index in [9.17, 15) is 4.79 Å². The van der Waals surface area contributed by atoms with Crippen LogP contribution in [0.4, 0.5) is 5.69 Å². The summed E-state index contributed by atoms with van der Waals surface area (Å²) < 4.78 is 5.65. The highest BCUT2D eigenvalue weighted by molar-refractivity contribution is 5.88. The number of methoxy groups -OCH3 is 1. The Bertz CT molecular complexity index is 745. The summed E-state index contributed by atoms with van der Waals surface area (Å²) in [4.78, 5) is 18.2. The highest BCUT2D eigenvalue weighted by Crippen LogP contribution is 2.40. The molecule has 2 fully saturated rings. The van der Waals surface area contributed by atoms with Gasteiger partial charge in [-0.3, -0.25) is 9.89 Å². The Hall–Kier alpha value is -2.15. The lowest BCUT2D eigenvalue weighted by Crippen LogP contribution is -2.49. The number of nitrogens with zero attached hydrogens (tertiary/aromatic N) is 3. The van der Waals surface area contributed by atoms with Gasteiger partial charge in [0.1, 0.15) is 0 Å². The predicted molar refractivity (Wildman–Crippen MR) is 90.7 cm³/mol. The molecule has 7 heteroatoms. The number of pyridine rings is 1. The smallest absolute Gasteiger partial charge is 0.217 e. The van der Waals surface area contributed by atoms with Crippen LogP contribution in [0.1, 0.15) is 19.8 Å². The molecule has 24 heavy (non-hydrogen) atoms. The normalized spacial score (nSPS) is 29.7. The average Bonchev–Trinajstić information content (AvgIpc) is 3.19. The Morgan fingerprint density at radius 2 is 2.17 bits per heavy atom. The van der Waals surface area contributed by atoms with Gasteiger partial charge < -0.3 is 15.0 Å². The van der Waals surface area contributed by atoms with E-state index in [1.807, 2.05) is 12.4 Å². The van der Waals surface area contributed by atoms with Crippen molar-refractivity contribution in [3.63, 3.8) is 0 Å². The molecule has 2 aromatic rings. The van der Waals surface area contributed by atoms with Gasteiger partial charge in [0.05, 0.1) is 29.4 Å². The van der Waals surface area contributed by atoms with Crippen molar-refractivity contribution in [2.45, 2.75) is 31.9 Å². The molecule has 0 radical (unpaired) electrons. The summed E-state index contributed by atoms with van der Waals surface area (Å²) in [7, 11) is 1.74. The van der Waals surface area contributed by atoms with Crippen molar-refractivity contribution >= 4 is 22.6 Å². The van der Waals surface area contributed by atoms with Crippen molar-refractivity contribution in [1.29, 1.82) is 0 Å². The molecule has 1 amide bonds. The van der Waals surface area contributed by atoms with E-state index in [-0.39, 0.29) is 18.1 Å². The first-order chi connectivity index (χ1) is 11.7. The van der Waals surface area contributed by atoms with Crippen LogP contribution < -0.4 is 10.2 Å². The zero-order chi connectivity index (χ0) is 16.7. The van der Waals surface area contributed by atoms with Crippen LogP contribution in [0.5, 0.6) is 0 Å². The highest BCUT2D eigenvalue weighted by Gasteiger charge is 2.43. The molecule has 0 bridgehead atoms. The van der Waals surface area contributed by atoms with Crippen molar-refractivity contribution < 1.29 is 9.53 Å². The van der Waals surface area contributed by atoms with Crippen molar-refractivity contribution in [1.82, 2.24) is 20.5 Å². The molecule has 4 rings (SSSR count). The van der Waals surface area contributed by atoms with E-state index in [2.05, 4.69) is 31.5 Å². The number of carbonyl (C=O) groups excluding carboxylic acids is 1. The molecule has 0 aromatic carbocycles. The minimum atomic E-state index is 0.0181. The van der Waals surface area contributed by atoms with Crippen molar-refractivity contribution in [3.05, 3.63) is 18.5 Å². The van der Waals surface area contributed by atoms with Gasteiger partial charge in [-0.2, -0.15) is 5.10 Å². The number of rotatable bonds is 3. The van der Waals surface area contributed by atoms with Crippen molar-refractivity contribution in [2.75, 3.05) is 25.1 Å². The summed E-state index contributed by atoms with van der Waals surface area (Å²) in [6, 6.07) is 2.17. The maximum atomic E-state index is 11.5. The van der Waals surface area contributed by atoms with Gasteiger partial charge in [0, 0.05) is 33.3 Å². The molecule has 1 aliphatic heterocycles. The first-order valence-electron chi connectivity index (χ1n) is 8.48. The maximum Gasteiger partial charge on any atom is 0.217 e. The maximum absolute atomic E-state index is 11.5. The van der Waals surface area contributed by atoms with Gasteiger partial charge in [0.25, 0.3) is 0 Å². The summed E-state index contributed by atoms with van der Waals surface area (Å²) >= 11 is 0. The zero-order valence-corrected chi connectivity index (χ0v) is 14.0. The number of amides is 1. The highest BCUT2D eigenvalue weighted by atomic mass is 16.5. The fraction of sp³-hybridized carbons (Fsp3) is 0.588. The molecular formula is C17H23N5O2. The SMILES string of the molecule is CO[C@@H]1C[C@H]2CN(c3ccnc4[nH]ncc34)C[C@H]2C[C@H]1NC(C)=O. The van der Waals surface area contributed by atoms with Crippen LogP contribution in [0.2, 0.25) is 0 Å². The lowest BCUT2D eigenvalue weighted by atomic mass is 9.77. The van der Waals surface area contributed by atoms with Crippen LogP contribution in [-0.4, -0.2) is 53.4 Å². The van der Waals surface area contributed by atoms with E-state index in [4.69, 9.17) is 4.74 Å². The van der Waals surface area contributed by atoms with E-state index in [1.165, 1.54) is 5.69 Å². The molecular weight excluding hydrogens is 306 g/mol. The van der Waals surface area contributed by atoms with Crippen molar-refractivity contribution in [3.8, 4) is 0 Å². The molecule has 2 N–H and O–H groups in total. The van der Waals surface area contributed by atoms with Crippen LogP contribution in [0, 0.1) is 11.8 Å². The Balaban J connectivity index is 1.55. The number of nitrogens with one attached hydrogen (secondary N) is 2.